The van der Waals surface area contributed by atoms with Crippen LogP contribution >= 0.6 is 0 Å². The van der Waals surface area contributed by atoms with Crippen LogP contribution in [0.5, 0.6) is 11.5 Å². The lowest BCUT2D eigenvalue weighted by Gasteiger charge is -2.13. The molecule has 0 unspecified atom stereocenters. The molecule has 0 radical (unpaired) electrons. The van der Waals surface area contributed by atoms with Crippen molar-refractivity contribution in [3.63, 3.8) is 0 Å². The summed E-state index contributed by atoms with van der Waals surface area (Å²) in [5.41, 5.74) is 7.14. The molecule has 1 N–H and O–H groups in total. The fourth-order valence-electron chi connectivity index (χ4n) is 2.79. The topological polar surface area (TPSA) is 29.5 Å². The Morgan fingerprint density at radius 3 is 1.86 bits per heavy atom. The van der Waals surface area contributed by atoms with Crippen LogP contribution in [0.25, 0.3) is 0 Å². The number of aryl methyl sites for hydroxylation is 6. The number of hydrogen-bond donors (Lipinski definition) is 1. The Balaban J connectivity index is 2.22. The van der Waals surface area contributed by atoms with Gasteiger partial charge in [-0.1, -0.05) is 12.1 Å². The van der Waals surface area contributed by atoms with Gasteiger partial charge in [0.15, 0.2) is 0 Å². The summed E-state index contributed by atoms with van der Waals surface area (Å²) in [4.78, 5) is 0. The fraction of sp³-hybridized carbons (Fsp3) is 0.368. The predicted octanol–water partition coefficient (Wildman–Crippen LogP) is 4.42. The summed E-state index contributed by atoms with van der Waals surface area (Å²) in [7, 11) is 1.71. The van der Waals surface area contributed by atoms with E-state index in [1.54, 1.807) is 7.11 Å². The van der Waals surface area contributed by atoms with Gasteiger partial charge in [-0.25, -0.2) is 0 Å². The molecule has 0 spiro atoms. The van der Waals surface area contributed by atoms with Crippen LogP contribution in [0, 0.1) is 27.7 Å². The molecule has 21 heavy (non-hydrogen) atoms. The van der Waals surface area contributed by atoms with E-state index in [0.717, 1.165) is 24.2 Å². The van der Waals surface area contributed by atoms with Gasteiger partial charge in [-0.05, 0) is 86.1 Å². The third-order valence-corrected chi connectivity index (χ3v) is 4.17. The summed E-state index contributed by atoms with van der Waals surface area (Å²) in [6.45, 7) is 8.24. The molecule has 2 aromatic rings. The maximum atomic E-state index is 9.87. The summed E-state index contributed by atoms with van der Waals surface area (Å²) in [5.74, 6) is 1.33. The molecule has 0 fully saturated rings. The molecule has 0 amide bonds. The average Bonchev–Trinajstić information content (AvgIpc) is 2.43. The van der Waals surface area contributed by atoms with E-state index >= 15 is 0 Å². The number of methoxy groups -OCH3 is 1. The minimum Gasteiger partial charge on any atom is -0.508 e. The van der Waals surface area contributed by atoms with Crippen molar-refractivity contribution in [2.24, 2.45) is 0 Å². The zero-order valence-electron chi connectivity index (χ0n) is 13.6. The molecular formula is C19H24O2. The molecule has 2 nitrogen and oxygen atoms in total. The molecule has 0 aliphatic heterocycles. The van der Waals surface area contributed by atoms with Gasteiger partial charge in [0, 0.05) is 0 Å². The number of ether oxygens (including phenoxy) is 1. The van der Waals surface area contributed by atoms with Crippen molar-refractivity contribution in [1.82, 2.24) is 0 Å². The summed E-state index contributed by atoms with van der Waals surface area (Å²) < 4.78 is 5.41. The summed E-state index contributed by atoms with van der Waals surface area (Å²) in [6.07, 6.45) is 1.87. The van der Waals surface area contributed by atoms with E-state index in [0.29, 0.717) is 5.75 Å². The highest BCUT2D eigenvalue weighted by Gasteiger charge is 2.08. The molecule has 0 aliphatic carbocycles. The largest absolute Gasteiger partial charge is 0.508 e. The Morgan fingerprint density at radius 2 is 1.29 bits per heavy atom. The van der Waals surface area contributed by atoms with E-state index in [1.807, 2.05) is 19.1 Å². The van der Waals surface area contributed by atoms with Crippen LogP contribution in [-0.4, -0.2) is 12.2 Å². The van der Waals surface area contributed by atoms with Gasteiger partial charge in [0.25, 0.3) is 0 Å². The van der Waals surface area contributed by atoms with E-state index in [4.69, 9.17) is 4.74 Å². The van der Waals surface area contributed by atoms with Crippen LogP contribution in [0.2, 0.25) is 0 Å². The Labute approximate surface area is 127 Å². The monoisotopic (exact) mass is 284 g/mol. The van der Waals surface area contributed by atoms with E-state index in [1.165, 1.54) is 27.8 Å². The normalized spacial score (nSPS) is 10.7. The molecule has 0 atom stereocenters. The Hall–Kier alpha value is -1.96. The lowest BCUT2D eigenvalue weighted by Crippen LogP contribution is -1.99. The van der Waals surface area contributed by atoms with Crippen molar-refractivity contribution in [1.29, 1.82) is 0 Å². The van der Waals surface area contributed by atoms with Gasteiger partial charge in [-0.3, -0.25) is 0 Å². The van der Waals surface area contributed by atoms with Crippen LogP contribution in [-0.2, 0) is 12.8 Å². The molecule has 0 saturated carbocycles. The molecular weight excluding hydrogens is 260 g/mol. The summed E-state index contributed by atoms with van der Waals surface area (Å²) in [5, 5.41) is 9.87. The van der Waals surface area contributed by atoms with Gasteiger partial charge in [0.2, 0.25) is 0 Å². The van der Waals surface area contributed by atoms with E-state index in [-0.39, 0.29) is 0 Å². The summed E-state index contributed by atoms with van der Waals surface area (Å²) in [6, 6.07) is 8.25. The van der Waals surface area contributed by atoms with Gasteiger partial charge >= 0.3 is 0 Å². The Morgan fingerprint density at radius 1 is 0.762 bits per heavy atom. The maximum absolute atomic E-state index is 9.87. The fourth-order valence-corrected chi connectivity index (χ4v) is 2.79. The molecule has 2 aromatic carbocycles. The van der Waals surface area contributed by atoms with Gasteiger partial charge < -0.3 is 9.84 Å². The zero-order valence-corrected chi connectivity index (χ0v) is 13.6. The Bertz CT molecular complexity index is 657. The second-order valence-electron chi connectivity index (χ2n) is 5.81. The quantitative estimate of drug-likeness (QED) is 0.900. The predicted molar refractivity (Wildman–Crippen MR) is 87.5 cm³/mol. The van der Waals surface area contributed by atoms with Crippen molar-refractivity contribution < 1.29 is 9.84 Å². The van der Waals surface area contributed by atoms with Crippen molar-refractivity contribution >= 4 is 0 Å². The van der Waals surface area contributed by atoms with Crippen LogP contribution in [0.3, 0.4) is 0 Å². The van der Waals surface area contributed by atoms with Crippen molar-refractivity contribution in [3.8, 4) is 11.5 Å². The highest BCUT2D eigenvalue weighted by atomic mass is 16.5. The third kappa shape index (κ3) is 3.38. The SMILES string of the molecule is COc1cc(CCc2cc(O)c(C)cc2C)c(C)cc1C. The number of aromatic hydroxyl groups is 1. The first kappa shape index (κ1) is 15.4. The maximum Gasteiger partial charge on any atom is 0.122 e. The third-order valence-electron chi connectivity index (χ3n) is 4.17. The van der Waals surface area contributed by atoms with E-state index < -0.39 is 0 Å². The van der Waals surface area contributed by atoms with Crippen LogP contribution in [0.4, 0.5) is 0 Å². The first-order chi connectivity index (χ1) is 9.92. The standard InChI is InChI=1S/C19H24O2/c1-12-8-14(3)18(20)10-16(12)6-7-17-11-19(21-5)15(4)9-13(17)2/h8-11,20H,6-7H2,1-5H3. The van der Waals surface area contributed by atoms with Crippen LogP contribution < -0.4 is 4.74 Å². The Kier molecular flexibility index (Phi) is 4.56. The van der Waals surface area contributed by atoms with Crippen molar-refractivity contribution in [2.45, 2.75) is 40.5 Å². The number of phenols is 1. The minimum absolute atomic E-state index is 0.383. The molecule has 112 valence electrons. The summed E-state index contributed by atoms with van der Waals surface area (Å²) >= 11 is 0. The minimum atomic E-state index is 0.383. The molecule has 2 heteroatoms. The van der Waals surface area contributed by atoms with Crippen LogP contribution in [0.1, 0.15) is 33.4 Å². The number of hydrogen-bond acceptors (Lipinski definition) is 2. The zero-order chi connectivity index (χ0) is 15.6. The highest BCUT2D eigenvalue weighted by Crippen LogP contribution is 2.26. The number of phenolic OH excluding ortho intramolecular Hbond substituents is 1. The highest BCUT2D eigenvalue weighted by molar-refractivity contribution is 5.44. The van der Waals surface area contributed by atoms with Gasteiger partial charge in [-0.15, -0.1) is 0 Å². The van der Waals surface area contributed by atoms with E-state index in [9.17, 15) is 5.11 Å². The van der Waals surface area contributed by atoms with Crippen molar-refractivity contribution in [2.75, 3.05) is 7.11 Å². The van der Waals surface area contributed by atoms with Crippen LogP contribution in [0.15, 0.2) is 24.3 Å². The second-order valence-corrected chi connectivity index (χ2v) is 5.81. The molecule has 0 saturated heterocycles. The molecule has 0 aromatic heterocycles. The molecule has 2 rings (SSSR count). The van der Waals surface area contributed by atoms with E-state index in [2.05, 4.69) is 32.9 Å². The van der Waals surface area contributed by atoms with Gasteiger partial charge in [0.05, 0.1) is 7.11 Å². The second kappa shape index (κ2) is 6.21. The number of rotatable bonds is 4. The average molecular weight is 284 g/mol. The molecule has 0 heterocycles. The molecule has 0 aliphatic rings. The first-order valence-electron chi connectivity index (χ1n) is 7.35. The lowest BCUT2D eigenvalue weighted by atomic mass is 9.95. The molecule has 0 bridgehead atoms. The first-order valence-corrected chi connectivity index (χ1v) is 7.35. The van der Waals surface area contributed by atoms with Crippen molar-refractivity contribution in [3.05, 3.63) is 57.6 Å². The smallest absolute Gasteiger partial charge is 0.122 e. The van der Waals surface area contributed by atoms with Gasteiger partial charge in [0.1, 0.15) is 11.5 Å². The number of benzene rings is 2. The van der Waals surface area contributed by atoms with Gasteiger partial charge in [-0.2, -0.15) is 0 Å². The lowest BCUT2D eigenvalue weighted by molar-refractivity contribution is 0.411.